The molecule has 3 aliphatic carbocycles. The van der Waals surface area contributed by atoms with Crippen molar-refractivity contribution in [2.75, 3.05) is 6.61 Å². The van der Waals surface area contributed by atoms with Gasteiger partial charge in [-0.15, -0.1) is 10.2 Å². The van der Waals surface area contributed by atoms with E-state index < -0.39 is 0 Å². The summed E-state index contributed by atoms with van der Waals surface area (Å²) in [6.07, 6.45) is 8.10. The van der Waals surface area contributed by atoms with Crippen LogP contribution in [0.1, 0.15) is 61.5 Å². The number of allylic oxidation sites excluding steroid dienone is 1. The zero-order chi connectivity index (χ0) is 28.1. The van der Waals surface area contributed by atoms with Crippen LogP contribution in [-0.4, -0.2) is 49.0 Å². The van der Waals surface area contributed by atoms with Gasteiger partial charge in [-0.2, -0.15) is 0 Å². The zero-order valence-electron chi connectivity index (χ0n) is 22.9. The largest absolute Gasteiger partial charge is 0.497 e. The van der Waals surface area contributed by atoms with Gasteiger partial charge in [-0.05, 0) is 62.4 Å². The van der Waals surface area contributed by atoms with Gasteiger partial charge in [0.15, 0.2) is 5.82 Å². The van der Waals surface area contributed by atoms with E-state index >= 15 is 4.39 Å². The molecule has 1 amide bonds. The Balaban J connectivity index is 1.22. The van der Waals surface area contributed by atoms with Crippen LogP contribution in [0.2, 0.25) is 0 Å². The molecule has 2 bridgehead atoms. The van der Waals surface area contributed by atoms with Crippen molar-refractivity contribution in [1.29, 1.82) is 0 Å². The van der Waals surface area contributed by atoms with Crippen LogP contribution in [0.25, 0.3) is 16.7 Å². The molecular weight excluding hydrogens is 521 g/mol. The van der Waals surface area contributed by atoms with Crippen molar-refractivity contribution >= 4 is 22.7 Å². The molecule has 3 aromatic heterocycles. The van der Waals surface area contributed by atoms with E-state index in [0.717, 1.165) is 30.1 Å². The minimum absolute atomic E-state index is 0.0233. The summed E-state index contributed by atoms with van der Waals surface area (Å²) in [7, 11) is 0. The minimum atomic E-state index is -0.350. The van der Waals surface area contributed by atoms with E-state index in [1.54, 1.807) is 42.9 Å². The molecule has 41 heavy (non-hydrogen) atoms. The fourth-order valence-corrected chi connectivity index (χ4v) is 6.77. The van der Waals surface area contributed by atoms with Gasteiger partial charge in [-0.1, -0.05) is 19.1 Å². The maximum absolute atomic E-state index is 15.3. The number of amides is 1. The Bertz CT molecular complexity index is 1720. The van der Waals surface area contributed by atoms with E-state index in [0.29, 0.717) is 53.5 Å². The number of hydrogen-bond acceptors (Lipinski definition) is 7. The van der Waals surface area contributed by atoms with Crippen molar-refractivity contribution in [3.63, 3.8) is 0 Å². The number of carbonyl (C=O) groups is 1. The molecule has 0 spiro atoms. The van der Waals surface area contributed by atoms with E-state index in [9.17, 15) is 4.79 Å². The summed E-state index contributed by atoms with van der Waals surface area (Å²) in [4.78, 5) is 26.8. The summed E-state index contributed by atoms with van der Waals surface area (Å²) in [5, 5.41) is 12.5. The number of halogens is 1. The van der Waals surface area contributed by atoms with E-state index in [1.165, 1.54) is 6.07 Å². The highest BCUT2D eigenvalue weighted by Crippen LogP contribution is 2.59. The molecule has 9 nitrogen and oxygen atoms in total. The molecule has 208 valence electrons. The molecule has 0 saturated heterocycles. The number of pyridine rings is 2. The second-order valence-corrected chi connectivity index (χ2v) is 11.2. The SMILES string of the molecule is CCOC1=CN=C(c2nnc(C34CC(C3)C(NC(=O)c3ccnc5cccnc35)C4)n2-c2ccccc2F)C(C)C1. The van der Waals surface area contributed by atoms with Crippen LogP contribution >= 0.6 is 0 Å². The van der Waals surface area contributed by atoms with E-state index in [2.05, 4.69) is 32.4 Å². The molecule has 0 radical (unpaired) electrons. The van der Waals surface area contributed by atoms with Crippen molar-refractivity contribution in [3.8, 4) is 5.69 Å². The Morgan fingerprint density at radius 2 is 1.95 bits per heavy atom. The Morgan fingerprint density at radius 3 is 2.76 bits per heavy atom. The molecule has 2 atom stereocenters. The molecule has 4 heterocycles. The lowest BCUT2D eigenvalue weighted by Crippen LogP contribution is -2.39. The summed E-state index contributed by atoms with van der Waals surface area (Å²) < 4.78 is 22.9. The van der Waals surface area contributed by atoms with Crippen molar-refractivity contribution in [1.82, 2.24) is 30.0 Å². The van der Waals surface area contributed by atoms with Crippen molar-refractivity contribution in [3.05, 3.63) is 89.8 Å². The average molecular weight is 552 g/mol. The van der Waals surface area contributed by atoms with Gasteiger partial charge in [0.05, 0.1) is 35.3 Å². The number of rotatable bonds is 7. The molecule has 8 rings (SSSR count). The number of hydrogen-bond donors (Lipinski definition) is 1. The normalized spacial score (nSPS) is 24.9. The standard InChI is InChI=1S/C31H30FN7O2/c1-3-41-20-13-18(2)26(35-17-20)28-37-38-30(39(28)25-9-5-4-7-22(25)32)31-14-19(15-31)24(16-31)36-29(40)21-10-12-33-23-8-6-11-34-27(21)23/h4-12,17-19,24H,3,13-16H2,1-2H3,(H,36,40). The topological polar surface area (TPSA) is 107 Å². The van der Waals surface area contributed by atoms with Gasteiger partial charge in [0.1, 0.15) is 22.9 Å². The fourth-order valence-electron chi connectivity index (χ4n) is 6.77. The van der Waals surface area contributed by atoms with Crippen molar-refractivity contribution < 1.29 is 13.9 Å². The van der Waals surface area contributed by atoms with E-state index in [1.807, 2.05) is 23.6 Å². The van der Waals surface area contributed by atoms with Gasteiger partial charge in [0.25, 0.3) is 5.91 Å². The molecule has 1 aromatic carbocycles. The lowest BCUT2D eigenvalue weighted by Gasteiger charge is -2.37. The summed E-state index contributed by atoms with van der Waals surface area (Å²) >= 11 is 0. The average Bonchev–Trinajstić information content (AvgIpc) is 3.65. The van der Waals surface area contributed by atoms with Crippen LogP contribution in [0.15, 0.2) is 71.8 Å². The molecular formula is C31H30FN7O2. The van der Waals surface area contributed by atoms with Crippen LogP contribution in [0, 0.1) is 17.7 Å². The molecule has 2 unspecified atom stereocenters. The molecule has 1 N–H and O–H groups in total. The number of aromatic nitrogens is 5. The Labute approximate surface area is 236 Å². The van der Waals surface area contributed by atoms with Gasteiger partial charge >= 0.3 is 0 Å². The van der Waals surface area contributed by atoms with Gasteiger partial charge in [0, 0.05) is 36.2 Å². The zero-order valence-corrected chi connectivity index (χ0v) is 22.9. The van der Waals surface area contributed by atoms with Crippen LogP contribution in [0.4, 0.5) is 4.39 Å². The number of ether oxygens (including phenoxy) is 1. The summed E-state index contributed by atoms with van der Waals surface area (Å²) in [5.41, 5.74) is 2.61. The third-order valence-electron chi connectivity index (χ3n) is 8.65. The number of fused-ring (bicyclic) bond motifs is 2. The predicted octanol–water partition coefficient (Wildman–Crippen LogP) is 4.91. The monoisotopic (exact) mass is 551 g/mol. The Morgan fingerprint density at radius 1 is 1.10 bits per heavy atom. The summed E-state index contributed by atoms with van der Waals surface area (Å²) in [5.74, 6) is 1.90. The maximum atomic E-state index is 15.3. The highest BCUT2D eigenvalue weighted by atomic mass is 19.1. The third-order valence-corrected chi connectivity index (χ3v) is 8.65. The molecule has 1 aliphatic heterocycles. The third kappa shape index (κ3) is 4.20. The highest BCUT2D eigenvalue weighted by molar-refractivity contribution is 6.04. The first-order valence-electron chi connectivity index (χ1n) is 14.1. The molecule has 4 aliphatic rings. The van der Waals surface area contributed by atoms with Gasteiger partial charge < -0.3 is 10.1 Å². The number of carbonyl (C=O) groups excluding carboxylic acids is 1. The fraction of sp³-hybridized carbons (Fsp3) is 0.355. The van der Waals surface area contributed by atoms with Crippen molar-refractivity contribution in [2.45, 2.75) is 51.0 Å². The first kappa shape index (κ1) is 25.5. The van der Waals surface area contributed by atoms with Gasteiger partial charge in [0.2, 0.25) is 0 Å². The van der Waals surface area contributed by atoms with Crippen LogP contribution < -0.4 is 5.32 Å². The maximum Gasteiger partial charge on any atom is 0.253 e. The minimum Gasteiger partial charge on any atom is -0.497 e. The first-order chi connectivity index (χ1) is 20.0. The molecule has 3 fully saturated rings. The summed E-state index contributed by atoms with van der Waals surface area (Å²) in [6, 6.07) is 12.0. The van der Waals surface area contributed by atoms with Crippen LogP contribution in [0.3, 0.4) is 0 Å². The Hall–Kier alpha value is -4.47. The number of nitrogens with zero attached hydrogens (tertiary/aromatic N) is 6. The summed E-state index contributed by atoms with van der Waals surface area (Å²) in [6.45, 7) is 4.60. The van der Waals surface area contributed by atoms with Crippen molar-refractivity contribution in [2.24, 2.45) is 16.8 Å². The molecule has 10 heteroatoms. The number of nitrogens with one attached hydrogen (secondary N) is 1. The quantitative estimate of drug-likeness (QED) is 0.350. The lowest BCUT2D eigenvalue weighted by atomic mass is 9.69. The second kappa shape index (κ2) is 9.87. The van der Waals surface area contributed by atoms with E-state index in [-0.39, 0.29) is 29.1 Å². The lowest BCUT2D eigenvalue weighted by molar-refractivity contribution is 0.0929. The highest BCUT2D eigenvalue weighted by Gasteiger charge is 2.60. The number of para-hydroxylation sites is 1. The van der Waals surface area contributed by atoms with Gasteiger partial charge in [-0.25, -0.2) is 4.39 Å². The number of benzene rings is 1. The Kier molecular flexibility index (Phi) is 6.13. The smallest absolute Gasteiger partial charge is 0.253 e. The number of aliphatic imine (C=N–C) groups is 1. The molecule has 3 saturated carbocycles. The van der Waals surface area contributed by atoms with Gasteiger partial charge in [-0.3, -0.25) is 24.3 Å². The van der Waals surface area contributed by atoms with Crippen LogP contribution in [-0.2, 0) is 10.2 Å². The predicted molar refractivity (Wildman–Crippen MR) is 151 cm³/mol. The second-order valence-electron chi connectivity index (χ2n) is 11.2. The van der Waals surface area contributed by atoms with E-state index in [4.69, 9.17) is 9.73 Å². The molecule has 4 aromatic rings. The first-order valence-corrected chi connectivity index (χ1v) is 14.1. The van der Waals surface area contributed by atoms with Crippen LogP contribution in [0.5, 0.6) is 0 Å².